The molecule has 0 fully saturated rings. The lowest BCUT2D eigenvalue weighted by molar-refractivity contribution is -0.118. The fraction of sp³-hybridized carbons (Fsp3) is 0.235. The van der Waals surface area contributed by atoms with Crippen molar-refractivity contribution in [3.8, 4) is 5.75 Å². The van der Waals surface area contributed by atoms with E-state index in [4.69, 9.17) is 16.3 Å². The molecule has 0 amide bonds. The second kappa shape index (κ2) is 7.11. The summed E-state index contributed by atoms with van der Waals surface area (Å²) < 4.78 is 5.11. The first-order chi connectivity index (χ1) is 9.67. The van der Waals surface area contributed by atoms with E-state index in [0.717, 1.165) is 23.3 Å². The summed E-state index contributed by atoms with van der Waals surface area (Å²) in [7, 11) is 1.64. The number of carbonyl (C=O) groups excluding carboxylic acids is 1. The smallest absolute Gasteiger partial charge is 0.137 e. The van der Waals surface area contributed by atoms with E-state index in [2.05, 4.69) is 0 Å². The van der Waals surface area contributed by atoms with E-state index < -0.39 is 0 Å². The highest BCUT2D eigenvalue weighted by Gasteiger charge is 2.05. The van der Waals surface area contributed by atoms with Crippen LogP contribution in [0.3, 0.4) is 0 Å². The highest BCUT2D eigenvalue weighted by molar-refractivity contribution is 6.30. The van der Waals surface area contributed by atoms with Gasteiger partial charge >= 0.3 is 0 Å². The number of methoxy groups -OCH3 is 1. The van der Waals surface area contributed by atoms with Crippen LogP contribution >= 0.6 is 11.6 Å². The van der Waals surface area contributed by atoms with Gasteiger partial charge in [-0.05, 0) is 41.8 Å². The molecule has 0 aliphatic heterocycles. The van der Waals surface area contributed by atoms with Gasteiger partial charge in [0.05, 0.1) is 7.11 Å². The van der Waals surface area contributed by atoms with Gasteiger partial charge in [-0.3, -0.25) is 4.79 Å². The Balaban J connectivity index is 1.83. The van der Waals surface area contributed by atoms with Gasteiger partial charge in [-0.15, -0.1) is 0 Å². The van der Waals surface area contributed by atoms with Crippen molar-refractivity contribution in [2.24, 2.45) is 0 Å². The minimum absolute atomic E-state index is 0.239. The minimum Gasteiger partial charge on any atom is -0.497 e. The van der Waals surface area contributed by atoms with Gasteiger partial charge < -0.3 is 4.74 Å². The van der Waals surface area contributed by atoms with Gasteiger partial charge in [0.15, 0.2) is 0 Å². The van der Waals surface area contributed by atoms with Crippen LogP contribution in [-0.4, -0.2) is 12.9 Å². The molecule has 0 unspecified atom stereocenters. The zero-order chi connectivity index (χ0) is 14.4. The number of aryl methyl sites for hydroxylation is 1. The van der Waals surface area contributed by atoms with Gasteiger partial charge in [-0.25, -0.2) is 0 Å². The predicted molar refractivity (Wildman–Crippen MR) is 81.5 cm³/mol. The lowest BCUT2D eigenvalue weighted by Gasteiger charge is -2.04. The first-order valence-corrected chi connectivity index (χ1v) is 6.94. The molecule has 0 heterocycles. The third kappa shape index (κ3) is 4.39. The van der Waals surface area contributed by atoms with Gasteiger partial charge in [0.25, 0.3) is 0 Å². The van der Waals surface area contributed by atoms with Crippen LogP contribution in [-0.2, 0) is 17.6 Å². The highest BCUT2D eigenvalue weighted by atomic mass is 35.5. The average molecular weight is 289 g/mol. The molecular weight excluding hydrogens is 272 g/mol. The number of hydrogen-bond donors (Lipinski definition) is 0. The molecular formula is C17H17ClO2. The van der Waals surface area contributed by atoms with E-state index in [1.807, 2.05) is 48.5 Å². The van der Waals surface area contributed by atoms with Crippen LogP contribution in [0.25, 0.3) is 0 Å². The van der Waals surface area contributed by atoms with Crippen molar-refractivity contribution >= 4 is 17.4 Å². The molecule has 0 saturated carbocycles. The maximum atomic E-state index is 11.9. The number of ether oxygens (including phenoxy) is 1. The molecule has 2 aromatic carbocycles. The average Bonchev–Trinajstić information content (AvgIpc) is 2.48. The fourth-order valence-corrected chi connectivity index (χ4v) is 2.12. The Kier molecular flexibility index (Phi) is 5.19. The third-order valence-corrected chi connectivity index (χ3v) is 3.42. The number of halogens is 1. The molecule has 0 bridgehead atoms. The van der Waals surface area contributed by atoms with Gasteiger partial charge in [-0.1, -0.05) is 35.9 Å². The summed E-state index contributed by atoms with van der Waals surface area (Å²) in [5, 5.41) is 0.694. The van der Waals surface area contributed by atoms with E-state index >= 15 is 0 Å². The number of benzene rings is 2. The molecule has 104 valence electrons. The quantitative estimate of drug-likeness (QED) is 0.800. The van der Waals surface area contributed by atoms with Gasteiger partial charge in [-0.2, -0.15) is 0 Å². The minimum atomic E-state index is 0.239. The van der Waals surface area contributed by atoms with Crippen LogP contribution in [0.15, 0.2) is 48.5 Å². The van der Waals surface area contributed by atoms with E-state index in [9.17, 15) is 4.79 Å². The first-order valence-electron chi connectivity index (χ1n) is 6.56. The van der Waals surface area contributed by atoms with Gasteiger partial charge in [0.2, 0.25) is 0 Å². The highest BCUT2D eigenvalue weighted by Crippen LogP contribution is 2.14. The Labute approximate surface area is 124 Å². The summed E-state index contributed by atoms with van der Waals surface area (Å²) >= 11 is 5.82. The van der Waals surface area contributed by atoms with Crippen molar-refractivity contribution in [2.75, 3.05) is 7.11 Å². The molecule has 3 heteroatoms. The van der Waals surface area contributed by atoms with Crippen LogP contribution in [0, 0.1) is 0 Å². The Hall–Kier alpha value is -1.80. The lowest BCUT2D eigenvalue weighted by atomic mass is 10.0. The second-order valence-corrected chi connectivity index (χ2v) is 5.13. The normalized spacial score (nSPS) is 10.3. The maximum absolute atomic E-state index is 11.9. The van der Waals surface area contributed by atoms with Crippen LogP contribution in [0.1, 0.15) is 17.5 Å². The predicted octanol–water partition coefficient (Wildman–Crippen LogP) is 4.09. The first kappa shape index (κ1) is 14.6. The summed E-state index contributed by atoms with van der Waals surface area (Å²) in [4.78, 5) is 11.9. The van der Waals surface area contributed by atoms with Crippen molar-refractivity contribution in [3.05, 3.63) is 64.7 Å². The van der Waals surface area contributed by atoms with Crippen molar-refractivity contribution < 1.29 is 9.53 Å². The molecule has 2 nitrogen and oxygen atoms in total. The molecule has 0 aliphatic rings. The Morgan fingerprint density at radius 1 is 1.00 bits per heavy atom. The van der Waals surface area contributed by atoms with Gasteiger partial charge in [0, 0.05) is 17.9 Å². The number of Topliss-reactive ketones (excluding diaryl/α,β-unsaturated/α-hetero) is 1. The SMILES string of the molecule is COc1ccc(CCC(=O)Cc2ccc(Cl)cc2)cc1. The Morgan fingerprint density at radius 3 is 2.20 bits per heavy atom. The molecule has 2 rings (SSSR count). The Morgan fingerprint density at radius 2 is 1.60 bits per heavy atom. The Bertz CT molecular complexity index is 559. The van der Waals surface area contributed by atoms with Crippen LogP contribution < -0.4 is 4.74 Å². The third-order valence-electron chi connectivity index (χ3n) is 3.17. The number of rotatable bonds is 6. The molecule has 0 saturated heterocycles. The maximum Gasteiger partial charge on any atom is 0.137 e. The molecule has 0 aromatic heterocycles. The molecule has 0 N–H and O–H groups in total. The lowest BCUT2D eigenvalue weighted by Crippen LogP contribution is -2.04. The molecule has 0 radical (unpaired) electrons. The summed E-state index contributed by atoms with van der Waals surface area (Å²) in [5.41, 5.74) is 2.16. The van der Waals surface area contributed by atoms with E-state index in [0.29, 0.717) is 17.9 Å². The molecule has 0 aliphatic carbocycles. The van der Waals surface area contributed by atoms with E-state index in [1.54, 1.807) is 7.11 Å². The summed E-state index contributed by atoms with van der Waals surface area (Å²) in [6, 6.07) is 15.2. The van der Waals surface area contributed by atoms with Gasteiger partial charge in [0.1, 0.15) is 11.5 Å². The largest absolute Gasteiger partial charge is 0.497 e. The summed E-state index contributed by atoms with van der Waals surface area (Å²) in [6.07, 6.45) is 1.78. The van der Waals surface area contributed by atoms with Crippen LogP contribution in [0.5, 0.6) is 5.75 Å². The zero-order valence-electron chi connectivity index (χ0n) is 11.4. The van der Waals surface area contributed by atoms with E-state index in [1.165, 1.54) is 0 Å². The molecule has 0 atom stereocenters. The molecule has 20 heavy (non-hydrogen) atoms. The topological polar surface area (TPSA) is 26.3 Å². The van der Waals surface area contributed by atoms with Crippen LogP contribution in [0.2, 0.25) is 5.02 Å². The number of hydrogen-bond acceptors (Lipinski definition) is 2. The number of carbonyl (C=O) groups is 1. The molecule has 0 spiro atoms. The molecule has 2 aromatic rings. The van der Waals surface area contributed by atoms with Crippen molar-refractivity contribution in [1.29, 1.82) is 0 Å². The zero-order valence-corrected chi connectivity index (χ0v) is 12.2. The fourth-order valence-electron chi connectivity index (χ4n) is 1.99. The standard InChI is InChI=1S/C17H17ClO2/c1-20-17-10-5-13(6-11-17)4-9-16(19)12-14-2-7-15(18)8-3-14/h2-3,5-8,10-11H,4,9,12H2,1H3. The van der Waals surface area contributed by atoms with Crippen molar-refractivity contribution in [2.45, 2.75) is 19.3 Å². The van der Waals surface area contributed by atoms with E-state index in [-0.39, 0.29) is 5.78 Å². The summed E-state index contributed by atoms with van der Waals surface area (Å²) in [5.74, 6) is 1.07. The second-order valence-electron chi connectivity index (χ2n) is 4.69. The van der Waals surface area contributed by atoms with Crippen molar-refractivity contribution in [3.63, 3.8) is 0 Å². The van der Waals surface area contributed by atoms with Crippen LogP contribution in [0.4, 0.5) is 0 Å². The van der Waals surface area contributed by atoms with Crippen molar-refractivity contribution in [1.82, 2.24) is 0 Å². The monoisotopic (exact) mass is 288 g/mol. The summed E-state index contributed by atoms with van der Waals surface area (Å²) in [6.45, 7) is 0. The number of ketones is 1.